The van der Waals surface area contributed by atoms with Crippen LogP contribution in [0.2, 0.25) is 5.15 Å². The molecule has 16 heavy (non-hydrogen) atoms. The number of anilines is 1. The van der Waals surface area contributed by atoms with Gasteiger partial charge in [0.25, 0.3) is 0 Å². The first-order chi connectivity index (χ1) is 7.54. The lowest BCUT2D eigenvalue weighted by molar-refractivity contribution is 0.162. The lowest BCUT2D eigenvalue weighted by atomic mass is 9.91. The van der Waals surface area contributed by atoms with Crippen LogP contribution in [0, 0.1) is 8.99 Å². The molecule has 1 aromatic rings. The highest BCUT2D eigenvalue weighted by atomic mass is 127. The van der Waals surface area contributed by atoms with Gasteiger partial charge in [0.1, 0.15) is 5.15 Å². The minimum atomic E-state index is 0.0127. The molecule has 0 aliphatic carbocycles. The Morgan fingerprint density at radius 2 is 2.44 bits per heavy atom. The maximum absolute atomic E-state index is 9.35. The van der Waals surface area contributed by atoms with E-state index < -0.39 is 0 Å². The summed E-state index contributed by atoms with van der Waals surface area (Å²) in [7, 11) is 0. The molecule has 0 aromatic carbocycles. The highest BCUT2D eigenvalue weighted by molar-refractivity contribution is 14.1. The van der Waals surface area contributed by atoms with Crippen LogP contribution in [-0.4, -0.2) is 29.8 Å². The van der Waals surface area contributed by atoms with Crippen molar-refractivity contribution in [2.45, 2.75) is 13.3 Å². The van der Waals surface area contributed by atoms with Gasteiger partial charge in [-0.05, 0) is 35.1 Å². The summed E-state index contributed by atoms with van der Waals surface area (Å²) in [6, 6.07) is 1.90. The maximum atomic E-state index is 9.35. The number of hydrogen-bond acceptors (Lipinski definition) is 3. The van der Waals surface area contributed by atoms with Crippen molar-refractivity contribution in [1.82, 2.24) is 4.98 Å². The highest BCUT2D eigenvalue weighted by Crippen LogP contribution is 2.35. The zero-order valence-electron chi connectivity index (χ0n) is 9.08. The molecule has 0 spiro atoms. The minimum Gasteiger partial charge on any atom is -0.396 e. The van der Waals surface area contributed by atoms with Gasteiger partial charge in [0.2, 0.25) is 0 Å². The van der Waals surface area contributed by atoms with E-state index in [0.29, 0.717) is 5.15 Å². The van der Waals surface area contributed by atoms with Crippen LogP contribution in [0.15, 0.2) is 12.3 Å². The van der Waals surface area contributed by atoms with E-state index in [4.69, 9.17) is 11.6 Å². The standard InChI is InChI=1S/C11H14ClIN2O/c1-11(7-16)2-3-15(6-11)9-4-10(12)14-5-8(9)13/h4-5,16H,2-3,6-7H2,1H3. The molecule has 1 aromatic heterocycles. The van der Waals surface area contributed by atoms with E-state index in [1.807, 2.05) is 6.07 Å². The SMILES string of the molecule is CC1(CO)CCN(c2cc(Cl)ncc2I)C1. The average molecular weight is 353 g/mol. The van der Waals surface area contributed by atoms with Gasteiger partial charge in [-0.1, -0.05) is 18.5 Å². The lowest BCUT2D eigenvalue weighted by Crippen LogP contribution is -2.27. The van der Waals surface area contributed by atoms with E-state index in [9.17, 15) is 5.11 Å². The molecule has 1 aliphatic rings. The summed E-state index contributed by atoms with van der Waals surface area (Å²) in [5, 5.41) is 9.87. The number of halogens is 2. The molecular weight excluding hydrogens is 338 g/mol. The Hall–Kier alpha value is -0.0700. The number of hydrogen-bond donors (Lipinski definition) is 1. The lowest BCUT2D eigenvalue weighted by Gasteiger charge is -2.24. The van der Waals surface area contributed by atoms with Crippen molar-refractivity contribution in [3.05, 3.63) is 21.0 Å². The zero-order valence-corrected chi connectivity index (χ0v) is 12.0. The third-order valence-corrected chi connectivity index (χ3v) is 4.12. The Bertz CT molecular complexity index is 402. The predicted octanol–water partition coefficient (Wildman–Crippen LogP) is 2.55. The summed E-state index contributed by atoms with van der Waals surface area (Å²) in [6.07, 6.45) is 2.80. The molecule has 0 amide bonds. The molecule has 3 nitrogen and oxygen atoms in total. The smallest absolute Gasteiger partial charge is 0.131 e. The molecule has 0 bridgehead atoms. The third-order valence-electron chi connectivity index (χ3n) is 3.08. The number of aliphatic hydroxyl groups excluding tert-OH is 1. The molecule has 1 N–H and O–H groups in total. The van der Waals surface area contributed by atoms with E-state index in [2.05, 4.69) is 39.4 Å². The molecule has 1 aliphatic heterocycles. The quantitative estimate of drug-likeness (QED) is 0.656. The molecule has 2 rings (SSSR count). The van der Waals surface area contributed by atoms with Crippen LogP contribution in [0.3, 0.4) is 0 Å². The van der Waals surface area contributed by atoms with Gasteiger partial charge in [-0.3, -0.25) is 0 Å². The van der Waals surface area contributed by atoms with Gasteiger partial charge >= 0.3 is 0 Å². The van der Waals surface area contributed by atoms with Crippen molar-refractivity contribution in [3.63, 3.8) is 0 Å². The Labute approximate surface area is 114 Å². The van der Waals surface area contributed by atoms with Crippen LogP contribution in [0.5, 0.6) is 0 Å². The number of pyridine rings is 1. The Balaban J connectivity index is 2.23. The van der Waals surface area contributed by atoms with Crippen molar-refractivity contribution in [1.29, 1.82) is 0 Å². The normalized spacial score (nSPS) is 25.1. The molecule has 2 heterocycles. The second-order valence-electron chi connectivity index (χ2n) is 4.60. The van der Waals surface area contributed by atoms with E-state index in [1.54, 1.807) is 6.20 Å². The van der Waals surface area contributed by atoms with E-state index in [1.165, 1.54) is 0 Å². The molecule has 1 fully saturated rings. The van der Waals surface area contributed by atoms with E-state index in [-0.39, 0.29) is 12.0 Å². The Morgan fingerprint density at radius 3 is 3.06 bits per heavy atom. The van der Waals surface area contributed by atoms with Gasteiger partial charge in [0.15, 0.2) is 0 Å². The molecule has 0 radical (unpaired) electrons. The third kappa shape index (κ3) is 2.43. The summed E-state index contributed by atoms with van der Waals surface area (Å²) < 4.78 is 1.10. The van der Waals surface area contributed by atoms with Crippen LogP contribution >= 0.6 is 34.2 Å². The van der Waals surface area contributed by atoms with Gasteiger partial charge in [0.05, 0.1) is 15.9 Å². The van der Waals surface area contributed by atoms with Crippen LogP contribution in [-0.2, 0) is 0 Å². The number of nitrogens with zero attached hydrogens (tertiary/aromatic N) is 2. The zero-order chi connectivity index (χ0) is 11.8. The summed E-state index contributed by atoms with van der Waals surface area (Å²) >= 11 is 8.18. The summed E-state index contributed by atoms with van der Waals surface area (Å²) in [5.74, 6) is 0. The van der Waals surface area contributed by atoms with Crippen LogP contribution < -0.4 is 4.90 Å². The van der Waals surface area contributed by atoms with Crippen LogP contribution in [0.1, 0.15) is 13.3 Å². The van der Waals surface area contributed by atoms with Crippen molar-refractivity contribution >= 4 is 39.9 Å². The number of aromatic nitrogens is 1. The summed E-state index contributed by atoms with van der Waals surface area (Å²) in [5.41, 5.74) is 1.14. The Kier molecular flexibility index (Phi) is 3.61. The van der Waals surface area contributed by atoms with Crippen molar-refractivity contribution < 1.29 is 5.11 Å². The second kappa shape index (κ2) is 4.66. The van der Waals surface area contributed by atoms with Gasteiger partial charge in [-0.2, -0.15) is 0 Å². The second-order valence-corrected chi connectivity index (χ2v) is 6.15. The first kappa shape index (κ1) is 12.4. The fourth-order valence-electron chi connectivity index (χ4n) is 2.00. The molecule has 1 saturated heterocycles. The topological polar surface area (TPSA) is 36.4 Å². The largest absolute Gasteiger partial charge is 0.396 e. The fraction of sp³-hybridized carbons (Fsp3) is 0.545. The monoisotopic (exact) mass is 352 g/mol. The number of rotatable bonds is 2. The van der Waals surface area contributed by atoms with Crippen molar-refractivity contribution in [2.24, 2.45) is 5.41 Å². The molecule has 88 valence electrons. The average Bonchev–Trinajstić information content (AvgIpc) is 2.65. The molecule has 1 atom stereocenters. The van der Waals surface area contributed by atoms with Crippen LogP contribution in [0.4, 0.5) is 5.69 Å². The molecular formula is C11H14ClIN2O. The summed E-state index contributed by atoms with van der Waals surface area (Å²) in [6.45, 7) is 4.19. The predicted molar refractivity (Wildman–Crippen MR) is 74.0 cm³/mol. The maximum Gasteiger partial charge on any atom is 0.131 e. The van der Waals surface area contributed by atoms with E-state index >= 15 is 0 Å². The van der Waals surface area contributed by atoms with Gasteiger partial charge in [0, 0.05) is 24.7 Å². The molecule has 1 unspecified atom stereocenters. The van der Waals surface area contributed by atoms with Crippen molar-refractivity contribution in [3.8, 4) is 0 Å². The first-order valence-electron chi connectivity index (χ1n) is 5.21. The van der Waals surface area contributed by atoms with E-state index in [0.717, 1.165) is 28.8 Å². The number of aliphatic hydroxyl groups is 1. The fourth-order valence-corrected chi connectivity index (χ4v) is 2.79. The van der Waals surface area contributed by atoms with Gasteiger partial charge in [-0.25, -0.2) is 4.98 Å². The first-order valence-corrected chi connectivity index (χ1v) is 6.67. The minimum absolute atomic E-state index is 0.0127. The van der Waals surface area contributed by atoms with Crippen LogP contribution in [0.25, 0.3) is 0 Å². The van der Waals surface area contributed by atoms with Crippen molar-refractivity contribution in [2.75, 3.05) is 24.6 Å². The summed E-state index contributed by atoms with van der Waals surface area (Å²) in [4.78, 5) is 6.32. The van der Waals surface area contributed by atoms with Gasteiger partial charge in [-0.15, -0.1) is 0 Å². The molecule has 5 heteroatoms. The van der Waals surface area contributed by atoms with Gasteiger partial charge < -0.3 is 10.0 Å². The Morgan fingerprint density at radius 1 is 1.69 bits per heavy atom. The molecule has 0 saturated carbocycles. The highest BCUT2D eigenvalue weighted by Gasteiger charge is 2.33.